The van der Waals surface area contributed by atoms with Gasteiger partial charge in [-0.3, -0.25) is 5.73 Å². The van der Waals surface area contributed by atoms with Gasteiger partial charge in [-0.1, -0.05) is 0 Å². The fourth-order valence-corrected chi connectivity index (χ4v) is 2.39. The van der Waals surface area contributed by atoms with Crippen LogP contribution >= 0.6 is 0 Å². The maximum Gasteiger partial charge on any atom is 0.307 e. The number of ether oxygens (including phenoxy) is 2. The predicted octanol–water partition coefficient (Wildman–Crippen LogP) is 1.84. The smallest absolute Gasteiger partial charge is 0.307 e. The van der Waals surface area contributed by atoms with E-state index in [2.05, 4.69) is 6.07 Å². The second kappa shape index (κ2) is 4.81. The molecule has 5 heteroatoms. The lowest BCUT2D eigenvalue weighted by molar-refractivity contribution is -0.184. The van der Waals surface area contributed by atoms with Crippen LogP contribution in [0.5, 0.6) is 0 Å². The second-order valence-corrected chi connectivity index (χ2v) is 4.29. The average Bonchev–Trinajstić information content (AvgIpc) is 2.37. The second-order valence-electron chi connectivity index (χ2n) is 4.29. The summed E-state index contributed by atoms with van der Waals surface area (Å²) in [7, 11) is 0. The summed E-state index contributed by atoms with van der Waals surface area (Å²) in [4.78, 5) is 0. The predicted molar refractivity (Wildman–Crippen MR) is 63.4 cm³/mol. The Morgan fingerprint density at radius 1 is 1.33 bits per heavy atom. The van der Waals surface area contributed by atoms with Crippen molar-refractivity contribution in [2.24, 2.45) is 5.73 Å². The van der Waals surface area contributed by atoms with Crippen molar-refractivity contribution in [1.82, 2.24) is 0 Å². The monoisotopic (exact) mass is 245 g/mol. The van der Waals surface area contributed by atoms with E-state index in [-0.39, 0.29) is 5.57 Å². The molecule has 1 unspecified atom stereocenters. The molecule has 0 saturated heterocycles. The van der Waals surface area contributed by atoms with E-state index in [1.807, 2.05) is 6.07 Å². The van der Waals surface area contributed by atoms with Gasteiger partial charge in [0.05, 0.1) is 12.2 Å². The third-order valence-electron chi connectivity index (χ3n) is 3.17. The molecule has 1 aliphatic carbocycles. The van der Waals surface area contributed by atoms with Crippen LogP contribution in [0.4, 0.5) is 0 Å². The van der Waals surface area contributed by atoms with Crippen LogP contribution in [0, 0.1) is 22.7 Å². The van der Waals surface area contributed by atoms with Crippen LogP contribution in [0.15, 0.2) is 22.5 Å². The zero-order chi connectivity index (χ0) is 13.2. The molecule has 0 saturated carbocycles. The minimum absolute atomic E-state index is 0.0764. The Bertz CT molecular complexity index is 507. The highest BCUT2D eigenvalue weighted by atomic mass is 16.7. The third kappa shape index (κ3) is 1.88. The fraction of sp³-hybridized carbons (Fsp3) is 0.538. The summed E-state index contributed by atoms with van der Waals surface area (Å²) in [5.74, 6) is -0.905. The zero-order valence-electron chi connectivity index (χ0n) is 10.3. The van der Waals surface area contributed by atoms with E-state index in [0.717, 1.165) is 31.3 Å². The van der Waals surface area contributed by atoms with E-state index >= 15 is 0 Å². The Morgan fingerprint density at radius 2 is 2.06 bits per heavy atom. The number of nitrogens with two attached hydrogens (primary N) is 1. The van der Waals surface area contributed by atoms with Gasteiger partial charge in [0.15, 0.2) is 0 Å². The molecule has 0 bridgehead atoms. The van der Waals surface area contributed by atoms with Crippen molar-refractivity contribution in [2.45, 2.75) is 38.5 Å². The van der Waals surface area contributed by atoms with Crippen LogP contribution in [0.1, 0.15) is 32.6 Å². The van der Waals surface area contributed by atoms with Gasteiger partial charge in [-0.15, -0.1) is 0 Å². The summed E-state index contributed by atoms with van der Waals surface area (Å²) >= 11 is 0. The Morgan fingerprint density at radius 3 is 2.67 bits per heavy atom. The van der Waals surface area contributed by atoms with Gasteiger partial charge in [0.1, 0.15) is 23.5 Å². The number of allylic oxidation sites excluding steroid dienone is 3. The molecule has 0 aromatic rings. The highest BCUT2D eigenvalue weighted by Gasteiger charge is 2.43. The minimum Gasteiger partial charge on any atom is -0.449 e. The van der Waals surface area contributed by atoms with E-state index < -0.39 is 5.91 Å². The van der Waals surface area contributed by atoms with Crippen molar-refractivity contribution in [3.8, 4) is 12.1 Å². The number of hydrogen-bond donors (Lipinski definition) is 1. The summed E-state index contributed by atoms with van der Waals surface area (Å²) in [6.07, 6.45) is 3.50. The lowest BCUT2D eigenvalue weighted by atomic mass is 9.87. The summed E-state index contributed by atoms with van der Waals surface area (Å²) < 4.78 is 11.0. The van der Waals surface area contributed by atoms with Crippen LogP contribution in [-0.4, -0.2) is 12.5 Å². The molecular weight excluding hydrogens is 230 g/mol. The van der Waals surface area contributed by atoms with Gasteiger partial charge in [0, 0.05) is 12.0 Å². The third-order valence-corrected chi connectivity index (χ3v) is 3.17. The molecule has 0 aromatic carbocycles. The Hall–Kier alpha value is -1.82. The molecular formula is C13H15N3O2. The topological polar surface area (TPSA) is 92.1 Å². The van der Waals surface area contributed by atoms with Crippen LogP contribution in [0.3, 0.4) is 0 Å². The van der Waals surface area contributed by atoms with Crippen LogP contribution in [0.2, 0.25) is 0 Å². The molecule has 0 amide bonds. The summed E-state index contributed by atoms with van der Waals surface area (Å²) in [5.41, 5.74) is 7.21. The van der Waals surface area contributed by atoms with Crippen LogP contribution in [-0.2, 0) is 9.47 Å². The van der Waals surface area contributed by atoms with Gasteiger partial charge >= 0.3 is 5.91 Å². The van der Waals surface area contributed by atoms with Crippen molar-refractivity contribution in [3.63, 3.8) is 0 Å². The molecule has 0 spiro atoms. The lowest BCUT2D eigenvalue weighted by Crippen LogP contribution is -2.49. The maximum absolute atomic E-state index is 9.27. The van der Waals surface area contributed by atoms with Crippen molar-refractivity contribution < 1.29 is 9.47 Å². The molecule has 5 nitrogen and oxygen atoms in total. The van der Waals surface area contributed by atoms with E-state index in [0.29, 0.717) is 17.9 Å². The molecule has 2 N–H and O–H groups in total. The Labute approximate surface area is 106 Å². The first kappa shape index (κ1) is 12.6. The molecule has 2 aliphatic rings. The average molecular weight is 245 g/mol. The van der Waals surface area contributed by atoms with Crippen LogP contribution < -0.4 is 5.73 Å². The summed E-state index contributed by atoms with van der Waals surface area (Å²) in [6.45, 7) is 2.08. The van der Waals surface area contributed by atoms with E-state index in [9.17, 15) is 10.5 Å². The number of hydrogen-bond acceptors (Lipinski definition) is 5. The first-order valence-electron chi connectivity index (χ1n) is 6.05. The fourth-order valence-electron chi connectivity index (χ4n) is 2.39. The van der Waals surface area contributed by atoms with Gasteiger partial charge in [0.25, 0.3) is 0 Å². The van der Waals surface area contributed by atoms with Gasteiger partial charge < -0.3 is 9.47 Å². The number of nitriles is 2. The molecule has 1 aliphatic heterocycles. The van der Waals surface area contributed by atoms with Crippen molar-refractivity contribution in [3.05, 3.63) is 22.5 Å². The van der Waals surface area contributed by atoms with Crippen molar-refractivity contribution in [1.29, 1.82) is 10.5 Å². The van der Waals surface area contributed by atoms with Gasteiger partial charge in [-0.25, -0.2) is 0 Å². The zero-order valence-corrected chi connectivity index (χ0v) is 10.3. The number of rotatable bonds is 2. The maximum atomic E-state index is 9.27. The number of nitrogens with zero attached hydrogens (tertiary/aromatic N) is 2. The van der Waals surface area contributed by atoms with Crippen molar-refractivity contribution in [2.75, 3.05) is 6.61 Å². The molecule has 94 valence electrons. The van der Waals surface area contributed by atoms with Gasteiger partial charge in [-0.05, 0) is 26.2 Å². The highest BCUT2D eigenvalue weighted by molar-refractivity contribution is 5.56. The van der Waals surface area contributed by atoms with E-state index in [1.165, 1.54) is 0 Å². The quantitative estimate of drug-likeness (QED) is 0.749. The Kier molecular flexibility index (Phi) is 3.38. The molecule has 0 radical (unpaired) electrons. The first-order chi connectivity index (χ1) is 8.66. The summed E-state index contributed by atoms with van der Waals surface area (Å²) in [6, 6.07) is 4.04. The van der Waals surface area contributed by atoms with Crippen molar-refractivity contribution >= 4 is 0 Å². The minimum atomic E-state index is -1.61. The summed E-state index contributed by atoms with van der Waals surface area (Å²) in [5, 5.41) is 18.5. The normalized spacial score (nSPS) is 27.1. The Balaban J connectivity index is 2.55. The highest BCUT2D eigenvalue weighted by Crippen LogP contribution is 2.40. The molecule has 1 atom stereocenters. The first-order valence-corrected chi connectivity index (χ1v) is 6.05. The molecule has 2 rings (SSSR count). The SMILES string of the molecule is CCOC1(N)OC2=C(CCCC2)C(C#N)=C1C#N. The standard InChI is InChI=1S/C13H15N3O2/c1-2-17-13(16)11(8-15)10(7-14)9-5-3-4-6-12(9)18-13/h2-6,16H2,1H3. The largest absolute Gasteiger partial charge is 0.449 e. The van der Waals surface area contributed by atoms with Gasteiger partial charge in [0.2, 0.25) is 0 Å². The van der Waals surface area contributed by atoms with Gasteiger partial charge in [-0.2, -0.15) is 10.5 Å². The molecule has 0 aromatic heterocycles. The van der Waals surface area contributed by atoms with Crippen LogP contribution in [0.25, 0.3) is 0 Å². The molecule has 18 heavy (non-hydrogen) atoms. The molecule has 0 fully saturated rings. The molecule has 1 heterocycles. The lowest BCUT2D eigenvalue weighted by Gasteiger charge is -2.36. The van der Waals surface area contributed by atoms with E-state index in [4.69, 9.17) is 15.2 Å². The van der Waals surface area contributed by atoms with E-state index in [1.54, 1.807) is 6.92 Å².